The molecule has 1 unspecified atom stereocenters. The van der Waals surface area contributed by atoms with Gasteiger partial charge >= 0.3 is 0 Å². The molecule has 1 aromatic rings. The van der Waals surface area contributed by atoms with Crippen molar-refractivity contribution in [3.05, 3.63) is 35.1 Å². The third kappa shape index (κ3) is 3.54. The number of amides is 1. The first-order chi connectivity index (χ1) is 9.90. The predicted molar refractivity (Wildman–Crippen MR) is 70.5 cm³/mol. The van der Waals surface area contributed by atoms with Crippen LogP contribution < -0.4 is 0 Å². The molecule has 1 fully saturated rings. The van der Waals surface area contributed by atoms with Crippen LogP contribution in [0.25, 0.3) is 0 Å². The molecule has 2 rings (SSSR count). The van der Waals surface area contributed by atoms with E-state index in [1.807, 2.05) is 7.05 Å². The van der Waals surface area contributed by atoms with Crippen molar-refractivity contribution in [2.45, 2.75) is 6.10 Å². The Morgan fingerprint density at radius 3 is 2.76 bits per heavy atom. The zero-order valence-corrected chi connectivity index (χ0v) is 11.9. The molecule has 0 radical (unpaired) electrons. The van der Waals surface area contributed by atoms with Crippen LogP contribution in [-0.2, 0) is 4.74 Å². The lowest BCUT2D eigenvalue weighted by molar-refractivity contribution is -0.0301. The topological polar surface area (TPSA) is 32.8 Å². The molecule has 116 valence electrons. The second-order valence-corrected chi connectivity index (χ2v) is 5.16. The smallest absolute Gasteiger partial charge is 0.256 e. The molecule has 0 aliphatic carbocycles. The Hall–Kier alpha value is -1.60. The van der Waals surface area contributed by atoms with Crippen LogP contribution in [0.1, 0.15) is 10.4 Å². The van der Waals surface area contributed by atoms with Crippen molar-refractivity contribution in [2.75, 3.05) is 40.3 Å². The van der Waals surface area contributed by atoms with Crippen molar-refractivity contribution in [2.24, 2.45) is 0 Å². The van der Waals surface area contributed by atoms with Gasteiger partial charge in [-0.3, -0.25) is 4.79 Å². The van der Waals surface area contributed by atoms with E-state index >= 15 is 0 Å². The number of rotatable bonds is 3. The zero-order chi connectivity index (χ0) is 15.6. The molecule has 1 atom stereocenters. The van der Waals surface area contributed by atoms with E-state index < -0.39 is 28.9 Å². The average Bonchev–Trinajstić information content (AvgIpc) is 2.44. The highest BCUT2D eigenvalue weighted by Crippen LogP contribution is 2.17. The van der Waals surface area contributed by atoms with Gasteiger partial charge < -0.3 is 14.5 Å². The number of likely N-dealkylation sites (N-methyl/N-ethyl adjacent to an activating group) is 2. The maximum atomic E-state index is 13.6. The standard InChI is InChI=1S/C14H17F3N2O2/c1-18-5-6-21-9(7-18)8-19(2)14(20)10-3-4-11(15)13(17)12(10)16/h3-4,9H,5-8H2,1-2H3. The Balaban J connectivity index is 2.07. The Bertz CT molecular complexity index is 539. The first kappa shape index (κ1) is 15.8. The van der Waals surface area contributed by atoms with Gasteiger partial charge in [0.05, 0.1) is 18.3 Å². The summed E-state index contributed by atoms with van der Waals surface area (Å²) in [5.41, 5.74) is -0.486. The van der Waals surface area contributed by atoms with Crippen LogP contribution in [0.2, 0.25) is 0 Å². The molecule has 0 saturated carbocycles. The number of halogens is 3. The summed E-state index contributed by atoms with van der Waals surface area (Å²) in [6, 6.07) is 1.69. The maximum Gasteiger partial charge on any atom is 0.256 e. The van der Waals surface area contributed by atoms with E-state index in [0.29, 0.717) is 13.2 Å². The zero-order valence-electron chi connectivity index (χ0n) is 11.9. The monoisotopic (exact) mass is 302 g/mol. The molecule has 0 spiro atoms. The molecule has 4 nitrogen and oxygen atoms in total. The lowest BCUT2D eigenvalue weighted by Gasteiger charge is -2.32. The van der Waals surface area contributed by atoms with Gasteiger partial charge in [0.1, 0.15) is 0 Å². The lowest BCUT2D eigenvalue weighted by Crippen LogP contribution is -2.46. The summed E-state index contributed by atoms with van der Waals surface area (Å²) in [6.07, 6.45) is -0.189. The summed E-state index contributed by atoms with van der Waals surface area (Å²) >= 11 is 0. The average molecular weight is 302 g/mol. The minimum absolute atomic E-state index is 0.189. The summed E-state index contributed by atoms with van der Waals surface area (Å²) in [6.45, 7) is 2.27. The molecule has 1 heterocycles. The summed E-state index contributed by atoms with van der Waals surface area (Å²) in [4.78, 5) is 15.4. The number of benzene rings is 1. The largest absolute Gasteiger partial charge is 0.374 e. The highest BCUT2D eigenvalue weighted by atomic mass is 19.2. The van der Waals surface area contributed by atoms with Crippen LogP contribution in [0.3, 0.4) is 0 Å². The van der Waals surface area contributed by atoms with Crippen molar-refractivity contribution in [1.82, 2.24) is 9.80 Å². The van der Waals surface area contributed by atoms with Crippen molar-refractivity contribution in [3.8, 4) is 0 Å². The molecule has 1 amide bonds. The first-order valence-corrected chi connectivity index (χ1v) is 6.59. The van der Waals surface area contributed by atoms with Gasteiger partial charge in [-0.1, -0.05) is 0 Å². The van der Waals surface area contributed by atoms with E-state index in [9.17, 15) is 18.0 Å². The van der Waals surface area contributed by atoms with Gasteiger partial charge in [0.25, 0.3) is 5.91 Å². The van der Waals surface area contributed by atoms with Gasteiger partial charge in [-0.15, -0.1) is 0 Å². The van der Waals surface area contributed by atoms with E-state index in [2.05, 4.69) is 4.90 Å². The number of hydrogen-bond acceptors (Lipinski definition) is 3. The van der Waals surface area contributed by atoms with E-state index in [4.69, 9.17) is 4.74 Å². The van der Waals surface area contributed by atoms with Gasteiger partial charge in [-0.2, -0.15) is 0 Å². The molecule has 0 N–H and O–H groups in total. The third-order valence-electron chi connectivity index (χ3n) is 3.43. The van der Waals surface area contributed by atoms with Gasteiger partial charge in [0.2, 0.25) is 0 Å². The normalized spacial score (nSPS) is 19.6. The Morgan fingerprint density at radius 1 is 1.38 bits per heavy atom. The number of carbonyl (C=O) groups excluding carboxylic acids is 1. The first-order valence-electron chi connectivity index (χ1n) is 6.59. The summed E-state index contributed by atoms with van der Waals surface area (Å²) in [7, 11) is 3.41. The number of hydrogen-bond donors (Lipinski definition) is 0. The van der Waals surface area contributed by atoms with Crippen LogP contribution >= 0.6 is 0 Å². The third-order valence-corrected chi connectivity index (χ3v) is 3.43. The number of ether oxygens (including phenoxy) is 1. The van der Waals surface area contributed by atoms with Gasteiger partial charge in [0, 0.05) is 26.7 Å². The molecule has 1 aliphatic heterocycles. The lowest BCUT2D eigenvalue weighted by atomic mass is 10.1. The van der Waals surface area contributed by atoms with E-state index in [1.165, 1.54) is 11.9 Å². The molecule has 7 heteroatoms. The van der Waals surface area contributed by atoms with Crippen LogP contribution in [0.4, 0.5) is 13.2 Å². The Morgan fingerprint density at radius 2 is 2.10 bits per heavy atom. The fraction of sp³-hybridized carbons (Fsp3) is 0.500. The van der Waals surface area contributed by atoms with E-state index in [0.717, 1.165) is 18.7 Å². The molecule has 0 bridgehead atoms. The minimum Gasteiger partial charge on any atom is -0.374 e. The highest BCUT2D eigenvalue weighted by molar-refractivity contribution is 5.94. The summed E-state index contributed by atoms with van der Waals surface area (Å²) in [5, 5.41) is 0. The van der Waals surface area contributed by atoms with Crippen LogP contribution in [0.15, 0.2) is 12.1 Å². The highest BCUT2D eigenvalue weighted by Gasteiger charge is 2.25. The maximum absolute atomic E-state index is 13.6. The van der Waals surface area contributed by atoms with Crippen molar-refractivity contribution in [3.63, 3.8) is 0 Å². The van der Waals surface area contributed by atoms with Crippen molar-refractivity contribution in [1.29, 1.82) is 0 Å². The van der Waals surface area contributed by atoms with Crippen LogP contribution in [-0.4, -0.2) is 62.1 Å². The van der Waals surface area contributed by atoms with Crippen molar-refractivity contribution >= 4 is 5.91 Å². The Labute approximate surface area is 121 Å². The molecule has 21 heavy (non-hydrogen) atoms. The summed E-state index contributed by atoms with van der Waals surface area (Å²) < 4.78 is 45.2. The van der Waals surface area contributed by atoms with Crippen molar-refractivity contribution < 1.29 is 22.7 Å². The number of carbonyl (C=O) groups is 1. The van der Waals surface area contributed by atoms with E-state index in [-0.39, 0.29) is 12.6 Å². The SMILES string of the molecule is CN1CCOC(CN(C)C(=O)c2ccc(F)c(F)c2F)C1. The Kier molecular flexibility index (Phi) is 4.84. The van der Waals surface area contributed by atoms with E-state index in [1.54, 1.807) is 0 Å². The molecular weight excluding hydrogens is 285 g/mol. The van der Waals surface area contributed by atoms with Gasteiger partial charge in [0.15, 0.2) is 17.5 Å². The van der Waals surface area contributed by atoms with Crippen LogP contribution in [0.5, 0.6) is 0 Å². The second kappa shape index (κ2) is 6.44. The molecular formula is C14H17F3N2O2. The van der Waals surface area contributed by atoms with Crippen LogP contribution in [0, 0.1) is 17.5 Å². The quantitative estimate of drug-likeness (QED) is 0.794. The second-order valence-electron chi connectivity index (χ2n) is 5.16. The fourth-order valence-corrected chi connectivity index (χ4v) is 2.26. The number of nitrogens with zero attached hydrogens (tertiary/aromatic N) is 2. The molecule has 1 aromatic carbocycles. The molecule has 1 aliphatic rings. The van der Waals surface area contributed by atoms with Gasteiger partial charge in [-0.25, -0.2) is 13.2 Å². The molecule has 1 saturated heterocycles. The fourth-order valence-electron chi connectivity index (χ4n) is 2.26. The van der Waals surface area contributed by atoms with Gasteiger partial charge in [-0.05, 0) is 19.2 Å². The number of morpholine rings is 1. The summed E-state index contributed by atoms with van der Waals surface area (Å²) in [5.74, 6) is -5.12. The minimum atomic E-state index is -1.64. The molecule has 0 aromatic heterocycles. The predicted octanol–water partition coefficient (Wildman–Crippen LogP) is 1.51.